The molecule has 1 aromatic rings. The molecule has 0 spiro atoms. The Hall–Kier alpha value is -1.13. The topological polar surface area (TPSA) is 55.1 Å². The first-order chi connectivity index (χ1) is 7.95. The van der Waals surface area contributed by atoms with Gasteiger partial charge >= 0.3 is 0 Å². The number of halogens is 1. The average molecular weight is 271 g/mol. The number of carbonyl (C=O) groups is 1. The van der Waals surface area contributed by atoms with Gasteiger partial charge in [0.15, 0.2) is 0 Å². The van der Waals surface area contributed by atoms with E-state index in [4.69, 9.17) is 29.6 Å². The molecule has 1 unspecified atom stereocenters. The Morgan fingerprint density at radius 2 is 2.24 bits per heavy atom. The summed E-state index contributed by atoms with van der Waals surface area (Å²) in [4.78, 5) is 12.3. The Morgan fingerprint density at radius 1 is 1.59 bits per heavy atom. The molecular weight excluding hydrogens is 256 g/mol. The van der Waals surface area contributed by atoms with Gasteiger partial charge in [-0.3, -0.25) is 4.79 Å². The third kappa shape index (κ3) is 3.68. The molecule has 1 rings (SSSR count). The molecular formula is C12H15ClN2OS. The number of amides is 1. The second-order valence-corrected chi connectivity index (χ2v) is 4.70. The van der Waals surface area contributed by atoms with Crippen molar-refractivity contribution < 1.29 is 4.79 Å². The van der Waals surface area contributed by atoms with E-state index in [-0.39, 0.29) is 11.9 Å². The molecule has 1 amide bonds. The zero-order valence-electron chi connectivity index (χ0n) is 9.79. The van der Waals surface area contributed by atoms with Crippen LogP contribution in [0.25, 0.3) is 0 Å². The number of aryl methyl sites for hydroxylation is 1. The molecule has 5 heteroatoms. The van der Waals surface area contributed by atoms with Crippen molar-refractivity contribution in [3.8, 4) is 0 Å². The molecule has 0 heterocycles. The van der Waals surface area contributed by atoms with Crippen molar-refractivity contribution >= 4 is 34.7 Å². The lowest BCUT2D eigenvalue weighted by molar-refractivity contribution is 0.0946. The third-order valence-corrected chi connectivity index (χ3v) is 3.02. The van der Waals surface area contributed by atoms with Crippen molar-refractivity contribution in [1.29, 1.82) is 0 Å². The van der Waals surface area contributed by atoms with Crippen LogP contribution in [-0.4, -0.2) is 16.9 Å². The monoisotopic (exact) mass is 270 g/mol. The van der Waals surface area contributed by atoms with Crippen molar-refractivity contribution in [2.45, 2.75) is 26.3 Å². The van der Waals surface area contributed by atoms with Crippen LogP contribution in [0.1, 0.15) is 29.3 Å². The Labute approximate surface area is 111 Å². The Kier molecular flexibility index (Phi) is 4.90. The minimum atomic E-state index is -0.282. The zero-order valence-corrected chi connectivity index (χ0v) is 11.4. The van der Waals surface area contributed by atoms with E-state index in [1.165, 1.54) is 0 Å². The second kappa shape index (κ2) is 5.98. The molecule has 1 aromatic carbocycles. The van der Waals surface area contributed by atoms with E-state index in [0.29, 0.717) is 22.0 Å². The van der Waals surface area contributed by atoms with Crippen molar-refractivity contribution in [2.75, 3.05) is 0 Å². The van der Waals surface area contributed by atoms with Gasteiger partial charge in [-0.2, -0.15) is 0 Å². The minimum absolute atomic E-state index is 0.204. The van der Waals surface area contributed by atoms with Crippen LogP contribution in [0.4, 0.5) is 0 Å². The molecule has 0 fully saturated rings. The summed E-state index contributed by atoms with van der Waals surface area (Å²) in [6.07, 6.45) is 0.667. The number of hydrogen-bond acceptors (Lipinski definition) is 2. The van der Waals surface area contributed by atoms with Crippen LogP contribution in [0, 0.1) is 6.92 Å². The van der Waals surface area contributed by atoms with Crippen LogP contribution in [0.3, 0.4) is 0 Å². The highest BCUT2D eigenvalue weighted by atomic mass is 35.5. The molecule has 1 atom stereocenters. The molecule has 3 N–H and O–H groups in total. The van der Waals surface area contributed by atoms with Gasteiger partial charge in [0.1, 0.15) is 0 Å². The van der Waals surface area contributed by atoms with E-state index >= 15 is 0 Å². The Balaban J connectivity index is 2.89. The van der Waals surface area contributed by atoms with Gasteiger partial charge in [-0.05, 0) is 31.0 Å². The summed E-state index contributed by atoms with van der Waals surface area (Å²) in [5.74, 6) is -0.204. The molecule has 0 aliphatic carbocycles. The summed E-state index contributed by atoms with van der Waals surface area (Å²) < 4.78 is 0. The van der Waals surface area contributed by atoms with E-state index < -0.39 is 0 Å². The maximum Gasteiger partial charge on any atom is 0.252 e. The third-order valence-electron chi connectivity index (χ3n) is 2.50. The van der Waals surface area contributed by atoms with Crippen molar-refractivity contribution in [3.05, 3.63) is 34.3 Å². The lowest BCUT2D eigenvalue weighted by Crippen LogP contribution is -2.43. The lowest BCUT2D eigenvalue weighted by Gasteiger charge is -2.16. The summed E-state index contributed by atoms with van der Waals surface area (Å²) in [6, 6.07) is 4.91. The number of rotatable bonds is 4. The van der Waals surface area contributed by atoms with Crippen LogP contribution in [0.15, 0.2) is 18.2 Å². The van der Waals surface area contributed by atoms with Gasteiger partial charge in [0.2, 0.25) is 0 Å². The van der Waals surface area contributed by atoms with E-state index in [1.807, 2.05) is 13.8 Å². The van der Waals surface area contributed by atoms with Gasteiger partial charge in [-0.15, -0.1) is 0 Å². The molecule has 3 nitrogen and oxygen atoms in total. The SMILES string of the molecule is CCC(NC(=O)c1cc(Cl)ccc1C)C(N)=S. The molecule has 0 bridgehead atoms. The molecule has 0 aliphatic heterocycles. The van der Waals surface area contributed by atoms with Crippen molar-refractivity contribution in [1.82, 2.24) is 5.32 Å². The quantitative estimate of drug-likeness (QED) is 0.827. The fraction of sp³-hybridized carbons (Fsp3) is 0.333. The van der Waals surface area contributed by atoms with Gasteiger partial charge in [-0.25, -0.2) is 0 Å². The number of carbonyl (C=O) groups excluding carboxylic acids is 1. The zero-order chi connectivity index (χ0) is 13.0. The van der Waals surface area contributed by atoms with Gasteiger partial charge in [-0.1, -0.05) is 36.8 Å². The minimum Gasteiger partial charge on any atom is -0.392 e. The van der Waals surface area contributed by atoms with Gasteiger partial charge in [0.25, 0.3) is 5.91 Å². The molecule has 0 saturated heterocycles. The van der Waals surface area contributed by atoms with Crippen molar-refractivity contribution in [3.63, 3.8) is 0 Å². The normalized spacial score (nSPS) is 11.9. The van der Waals surface area contributed by atoms with E-state index in [0.717, 1.165) is 5.56 Å². The molecule has 0 radical (unpaired) electrons. The van der Waals surface area contributed by atoms with Crippen LogP contribution < -0.4 is 11.1 Å². The van der Waals surface area contributed by atoms with Crippen molar-refractivity contribution in [2.24, 2.45) is 5.73 Å². The van der Waals surface area contributed by atoms with E-state index in [2.05, 4.69) is 5.32 Å². The van der Waals surface area contributed by atoms with E-state index in [1.54, 1.807) is 18.2 Å². The largest absolute Gasteiger partial charge is 0.392 e. The van der Waals surface area contributed by atoms with Gasteiger partial charge in [0, 0.05) is 10.6 Å². The lowest BCUT2D eigenvalue weighted by atomic mass is 10.1. The number of thiocarbonyl (C=S) groups is 1. The van der Waals surface area contributed by atoms with Gasteiger partial charge < -0.3 is 11.1 Å². The molecule has 0 saturated carbocycles. The number of benzene rings is 1. The number of hydrogen-bond donors (Lipinski definition) is 2. The molecule has 0 aliphatic rings. The van der Waals surface area contributed by atoms with E-state index in [9.17, 15) is 4.79 Å². The summed E-state index contributed by atoms with van der Waals surface area (Å²) in [6.45, 7) is 3.77. The highest BCUT2D eigenvalue weighted by Gasteiger charge is 2.15. The first kappa shape index (κ1) is 13.9. The predicted octanol–water partition coefficient (Wildman–Crippen LogP) is 2.44. The summed E-state index contributed by atoms with van der Waals surface area (Å²) in [5.41, 5.74) is 6.95. The van der Waals surface area contributed by atoms with Gasteiger partial charge in [0.05, 0.1) is 11.0 Å². The second-order valence-electron chi connectivity index (χ2n) is 3.80. The Bertz CT molecular complexity index is 448. The fourth-order valence-electron chi connectivity index (χ4n) is 1.45. The summed E-state index contributed by atoms with van der Waals surface area (Å²) in [7, 11) is 0. The maximum absolute atomic E-state index is 12.0. The standard InChI is InChI=1S/C12H15ClN2OS/c1-3-10(11(14)17)15-12(16)9-6-8(13)5-4-7(9)2/h4-6,10H,3H2,1-2H3,(H2,14,17)(H,15,16). The van der Waals surface area contributed by atoms with Crippen LogP contribution in [0.5, 0.6) is 0 Å². The van der Waals surface area contributed by atoms with Crippen LogP contribution in [-0.2, 0) is 0 Å². The Morgan fingerprint density at radius 3 is 2.76 bits per heavy atom. The first-order valence-corrected chi connectivity index (χ1v) is 6.10. The van der Waals surface area contributed by atoms with Crippen LogP contribution >= 0.6 is 23.8 Å². The number of nitrogens with two attached hydrogens (primary N) is 1. The predicted molar refractivity (Wildman–Crippen MR) is 74.5 cm³/mol. The summed E-state index contributed by atoms with van der Waals surface area (Å²) >= 11 is 10.7. The van der Waals surface area contributed by atoms with Crippen LogP contribution in [0.2, 0.25) is 5.02 Å². The maximum atomic E-state index is 12.0. The highest BCUT2D eigenvalue weighted by Crippen LogP contribution is 2.15. The smallest absolute Gasteiger partial charge is 0.252 e. The fourth-order valence-corrected chi connectivity index (χ4v) is 1.85. The highest BCUT2D eigenvalue weighted by molar-refractivity contribution is 7.80. The summed E-state index contributed by atoms with van der Waals surface area (Å²) in [5, 5.41) is 3.32. The molecule has 0 aromatic heterocycles. The average Bonchev–Trinajstić information content (AvgIpc) is 2.28. The molecule has 92 valence electrons. The number of nitrogens with one attached hydrogen (secondary N) is 1. The molecule has 17 heavy (non-hydrogen) atoms. The first-order valence-electron chi connectivity index (χ1n) is 5.32.